The molecule has 4 heterocycles. The minimum Gasteiger partial charge on any atom is -0.504 e. The maximum atomic E-state index is 10.7. The molecule has 186 valence electrons. The number of ether oxygens (including phenoxy) is 3. The Labute approximate surface area is 200 Å². The summed E-state index contributed by atoms with van der Waals surface area (Å²) >= 11 is 0. The lowest BCUT2D eigenvalue weighted by Crippen LogP contribution is -2.66. The second-order valence-corrected chi connectivity index (χ2v) is 10.2. The Bertz CT molecular complexity index is 1180. The van der Waals surface area contributed by atoms with Crippen LogP contribution >= 0.6 is 0 Å². The Morgan fingerprint density at radius 2 is 2.03 bits per heavy atom. The number of aromatic hydroxyl groups is 1. The quantitative estimate of drug-likeness (QED) is 0.336. The van der Waals surface area contributed by atoms with E-state index in [-0.39, 0.29) is 22.9 Å². The number of likely N-dealkylation sites (tertiary alicyclic amines) is 1. The topological polar surface area (TPSA) is 166 Å². The van der Waals surface area contributed by atoms with Crippen molar-refractivity contribution in [2.75, 3.05) is 13.6 Å². The van der Waals surface area contributed by atoms with Gasteiger partial charge in [-0.25, -0.2) is 0 Å². The molecule has 12 nitrogen and oxygen atoms in total. The number of phenolic OH excluding ortho intramolecular Hbond substituents is 1. The largest absolute Gasteiger partial charge is 0.504 e. The van der Waals surface area contributed by atoms with Crippen LogP contribution in [0, 0.1) is 5.92 Å². The molecule has 2 fully saturated rings. The van der Waals surface area contributed by atoms with Crippen molar-refractivity contribution in [3.05, 3.63) is 41.2 Å². The summed E-state index contributed by atoms with van der Waals surface area (Å²) in [4.78, 5) is 2.38. The van der Waals surface area contributed by atoms with Crippen LogP contribution < -0.4 is 4.74 Å². The minimum absolute atomic E-state index is 0.0411. The number of aliphatic hydroxyl groups is 3. The van der Waals surface area contributed by atoms with E-state index in [9.17, 15) is 20.4 Å². The molecule has 7 rings (SSSR count). The summed E-state index contributed by atoms with van der Waals surface area (Å²) in [6.45, 7) is 0.878. The molecule has 2 saturated heterocycles. The lowest BCUT2D eigenvalue weighted by molar-refractivity contribution is -0.314. The van der Waals surface area contributed by atoms with Crippen molar-refractivity contribution in [3.8, 4) is 11.5 Å². The van der Waals surface area contributed by atoms with E-state index in [1.807, 2.05) is 12.1 Å². The van der Waals surface area contributed by atoms with E-state index in [2.05, 4.69) is 38.6 Å². The van der Waals surface area contributed by atoms with Crippen LogP contribution in [0.1, 0.15) is 29.5 Å². The molecule has 10 atom stereocenters. The van der Waals surface area contributed by atoms with Gasteiger partial charge in [-0.05, 0) is 38.1 Å². The summed E-state index contributed by atoms with van der Waals surface area (Å²) in [6, 6.07) is 3.97. The van der Waals surface area contributed by atoms with Gasteiger partial charge in [0.1, 0.15) is 30.5 Å². The van der Waals surface area contributed by atoms with Gasteiger partial charge >= 0.3 is 0 Å². The molecular weight excluding hydrogens is 458 g/mol. The number of aromatic nitrogens is 4. The monoisotopic (exact) mass is 485 g/mol. The van der Waals surface area contributed by atoms with Gasteiger partial charge in [-0.15, -0.1) is 10.2 Å². The summed E-state index contributed by atoms with van der Waals surface area (Å²) < 4.78 is 18.6. The second-order valence-electron chi connectivity index (χ2n) is 10.2. The molecular formula is C23H27N5O7. The number of likely N-dealkylation sites (N-methyl/N-ethyl adjacent to an activating group) is 1. The summed E-state index contributed by atoms with van der Waals surface area (Å²) in [6.07, 6.45) is -2.28. The number of aromatic amines is 1. The second kappa shape index (κ2) is 7.45. The predicted molar refractivity (Wildman–Crippen MR) is 116 cm³/mol. The average Bonchev–Trinajstić information content (AvgIpc) is 3.50. The third-order valence-corrected chi connectivity index (χ3v) is 8.61. The van der Waals surface area contributed by atoms with Crippen LogP contribution in [-0.4, -0.2) is 102 Å². The van der Waals surface area contributed by atoms with Crippen molar-refractivity contribution in [2.45, 2.75) is 67.2 Å². The Morgan fingerprint density at radius 3 is 2.83 bits per heavy atom. The molecule has 12 heteroatoms. The van der Waals surface area contributed by atoms with Crippen LogP contribution in [0.5, 0.6) is 11.5 Å². The molecule has 0 amide bonds. The molecule has 2 aliphatic carbocycles. The van der Waals surface area contributed by atoms with E-state index >= 15 is 0 Å². The van der Waals surface area contributed by atoms with Gasteiger partial charge in [0, 0.05) is 22.9 Å². The molecule has 0 saturated carbocycles. The lowest BCUT2D eigenvalue weighted by atomic mass is 9.53. The zero-order valence-corrected chi connectivity index (χ0v) is 18.9. The van der Waals surface area contributed by atoms with Crippen LogP contribution in [0.25, 0.3) is 0 Å². The average molecular weight is 485 g/mol. The van der Waals surface area contributed by atoms with E-state index in [1.54, 1.807) is 6.07 Å². The Hall–Kier alpha value is -2.61. The molecule has 1 aromatic carbocycles. The molecule has 1 unspecified atom stereocenters. The number of hydrogen-bond donors (Lipinski definition) is 5. The van der Waals surface area contributed by atoms with Crippen molar-refractivity contribution < 1.29 is 34.6 Å². The molecule has 1 spiro atoms. The number of tetrazole rings is 1. The zero-order chi connectivity index (χ0) is 24.1. The molecule has 3 aliphatic heterocycles. The highest BCUT2D eigenvalue weighted by Gasteiger charge is 2.65. The standard InChI is InChI=1S/C23H27N5O7/c1-28-7-6-23-10-3-5-13(20(23)34-18-12(29)4-2-9(14(18)23)8-11(10)28)33-22-17(32)15(30)16(31)19(35-22)21-24-26-27-25-21/h2-5,10-11,13,15-17,19-20,22,29-32H,6-8H2,1H3,(H,24,25,26,27)/t10?,11-,13+,15+,16+,17-,19+,20+,22-,23+/m1/s1. The van der Waals surface area contributed by atoms with E-state index in [0.29, 0.717) is 11.8 Å². The third kappa shape index (κ3) is 2.80. The predicted octanol–water partition coefficient (Wildman–Crippen LogP) is -1.08. The number of nitrogens with one attached hydrogen (secondary N) is 1. The fraction of sp³-hybridized carbons (Fsp3) is 0.609. The Kier molecular flexibility index (Phi) is 4.61. The van der Waals surface area contributed by atoms with Gasteiger partial charge in [0.15, 0.2) is 23.9 Å². The number of aliphatic hydroxyl groups excluding tert-OH is 3. The number of rotatable bonds is 3. The number of piperidine rings is 1. The number of nitrogens with zero attached hydrogens (tertiary/aromatic N) is 4. The van der Waals surface area contributed by atoms with Gasteiger partial charge in [-0.3, -0.25) is 0 Å². The first-order valence-corrected chi connectivity index (χ1v) is 11.9. The zero-order valence-electron chi connectivity index (χ0n) is 18.9. The molecule has 0 radical (unpaired) electrons. The normalized spacial score (nSPS) is 43.6. The van der Waals surface area contributed by atoms with Gasteiger partial charge in [-0.2, -0.15) is 5.21 Å². The summed E-state index contributed by atoms with van der Waals surface area (Å²) in [5, 5.41) is 55.8. The van der Waals surface area contributed by atoms with Gasteiger partial charge in [0.25, 0.3) is 0 Å². The van der Waals surface area contributed by atoms with Crippen LogP contribution in [0.2, 0.25) is 0 Å². The highest BCUT2D eigenvalue weighted by atomic mass is 16.7. The Balaban J connectivity index is 1.25. The van der Waals surface area contributed by atoms with E-state index in [4.69, 9.17) is 14.2 Å². The molecule has 5 aliphatic rings. The van der Waals surface area contributed by atoms with E-state index in [1.165, 1.54) is 5.56 Å². The molecule has 2 bridgehead atoms. The number of benzene rings is 1. The number of phenols is 1. The molecule has 5 N–H and O–H groups in total. The molecule has 1 aromatic heterocycles. The van der Waals surface area contributed by atoms with Crippen LogP contribution in [-0.2, 0) is 21.3 Å². The summed E-state index contributed by atoms with van der Waals surface area (Å²) in [7, 11) is 2.14. The fourth-order valence-corrected chi connectivity index (χ4v) is 6.96. The number of H-pyrrole nitrogens is 1. The highest BCUT2D eigenvalue weighted by molar-refractivity contribution is 5.61. The first-order chi connectivity index (χ1) is 16.9. The van der Waals surface area contributed by atoms with Crippen molar-refractivity contribution >= 4 is 0 Å². The number of hydrogen-bond acceptors (Lipinski definition) is 11. The van der Waals surface area contributed by atoms with Crippen LogP contribution in [0.15, 0.2) is 24.3 Å². The maximum absolute atomic E-state index is 10.7. The van der Waals surface area contributed by atoms with Crippen LogP contribution in [0.4, 0.5) is 0 Å². The smallest absolute Gasteiger partial charge is 0.206 e. The van der Waals surface area contributed by atoms with Crippen molar-refractivity contribution in [2.24, 2.45) is 5.92 Å². The SMILES string of the molecule is CN1CC[C@]23c4c5ccc(O)c4O[C@H]2[C@@H](O[C@@H]2O[C@H](c4nn[nH]n4)[C@@H](O)[C@H](O)[C@H]2O)C=CC3[C@H]1C5. The maximum Gasteiger partial charge on any atom is 0.206 e. The van der Waals surface area contributed by atoms with Gasteiger partial charge in [0.2, 0.25) is 5.82 Å². The molecule has 35 heavy (non-hydrogen) atoms. The van der Waals surface area contributed by atoms with E-state index in [0.717, 1.165) is 24.9 Å². The molecule has 2 aromatic rings. The van der Waals surface area contributed by atoms with Crippen molar-refractivity contribution in [3.63, 3.8) is 0 Å². The highest BCUT2D eigenvalue weighted by Crippen LogP contribution is 2.62. The third-order valence-electron chi connectivity index (χ3n) is 8.61. The first kappa shape index (κ1) is 21.7. The summed E-state index contributed by atoms with van der Waals surface area (Å²) in [5.74, 6) is 0.827. The van der Waals surface area contributed by atoms with E-state index < -0.39 is 42.9 Å². The van der Waals surface area contributed by atoms with Crippen molar-refractivity contribution in [1.82, 2.24) is 25.5 Å². The fourth-order valence-electron chi connectivity index (χ4n) is 6.96. The Morgan fingerprint density at radius 1 is 1.17 bits per heavy atom. The van der Waals surface area contributed by atoms with Gasteiger partial charge in [-0.1, -0.05) is 23.4 Å². The van der Waals surface area contributed by atoms with Gasteiger partial charge in [0.05, 0.1) is 0 Å². The minimum atomic E-state index is -1.55. The summed E-state index contributed by atoms with van der Waals surface area (Å²) in [5.41, 5.74) is 1.84. The van der Waals surface area contributed by atoms with Crippen molar-refractivity contribution in [1.29, 1.82) is 0 Å². The van der Waals surface area contributed by atoms with Crippen LogP contribution in [0.3, 0.4) is 0 Å². The first-order valence-electron chi connectivity index (χ1n) is 11.9. The van der Waals surface area contributed by atoms with Gasteiger partial charge < -0.3 is 39.5 Å². The lowest BCUT2D eigenvalue weighted by Gasteiger charge is -2.57.